The van der Waals surface area contributed by atoms with Gasteiger partial charge in [-0.2, -0.15) is 0 Å². The molecule has 0 aromatic heterocycles. The van der Waals surface area contributed by atoms with Crippen LogP contribution in [-0.2, 0) is 4.79 Å². The lowest BCUT2D eigenvalue weighted by molar-refractivity contribution is -0.138. The predicted octanol–water partition coefficient (Wildman–Crippen LogP) is 0.836. The first-order chi connectivity index (χ1) is 8.49. The van der Waals surface area contributed by atoms with Gasteiger partial charge in [0, 0.05) is 12.6 Å². The molecule has 100 valence electrons. The fraction of sp³-hybridized carbons (Fsp3) is 0.417. The molecule has 0 amide bonds. The van der Waals surface area contributed by atoms with E-state index < -0.39 is 12.0 Å². The first-order valence-electron chi connectivity index (χ1n) is 5.44. The fourth-order valence-corrected chi connectivity index (χ4v) is 1.53. The molecule has 1 aromatic carbocycles. The second-order valence-electron chi connectivity index (χ2n) is 3.85. The smallest absolute Gasteiger partial charge is 0.322 e. The zero-order chi connectivity index (χ0) is 13.7. The van der Waals surface area contributed by atoms with Crippen LogP contribution in [0, 0.1) is 6.92 Å². The Morgan fingerprint density at radius 3 is 2.61 bits per heavy atom. The third-order valence-electron chi connectivity index (χ3n) is 2.54. The number of benzene rings is 1. The van der Waals surface area contributed by atoms with E-state index in [4.69, 9.17) is 20.3 Å². The van der Waals surface area contributed by atoms with Crippen molar-refractivity contribution in [2.24, 2.45) is 5.73 Å². The molecule has 0 saturated carbocycles. The molecule has 0 fully saturated rings. The van der Waals surface area contributed by atoms with Gasteiger partial charge in [-0.25, -0.2) is 0 Å². The lowest BCUT2D eigenvalue weighted by Gasteiger charge is -2.16. The molecular weight excluding hydrogens is 236 g/mol. The minimum absolute atomic E-state index is 0.124. The maximum absolute atomic E-state index is 10.6. The van der Waals surface area contributed by atoms with Gasteiger partial charge in [0.05, 0.1) is 19.9 Å². The first kappa shape index (κ1) is 14.1. The molecular formula is C12H18N2O4. The highest BCUT2D eigenvalue weighted by molar-refractivity contribution is 5.74. The van der Waals surface area contributed by atoms with Crippen LogP contribution >= 0.6 is 0 Å². The molecule has 0 aliphatic carbocycles. The van der Waals surface area contributed by atoms with Gasteiger partial charge in [0.15, 0.2) is 0 Å². The van der Waals surface area contributed by atoms with Gasteiger partial charge in [0.1, 0.15) is 17.5 Å². The molecule has 0 spiro atoms. The average Bonchev–Trinajstić information content (AvgIpc) is 2.35. The van der Waals surface area contributed by atoms with Crippen LogP contribution in [0.4, 0.5) is 5.69 Å². The summed E-state index contributed by atoms with van der Waals surface area (Å²) in [5, 5.41) is 11.7. The number of methoxy groups -OCH3 is 2. The molecule has 0 saturated heterocycles. The van der Waals surface area contributed by atoms with Gasteiger partial charge < -0.3 is 25.6 Å². The molecule has 0 bridgehead atoms. The number of nitrogens with two attached hydrogens (primary N) is 1. The van der Waals surface area contributed by atoms with Crippen LogP contribution in [0.1, 0.15) is 5.56 Å². The van der Waals surface area contributed by atoms with E-state index in [-0.39, 0.29) is 6.54 Å². The standard InChI is InChI=1S/C12H18N2O4/c1-7-4-8(17-2)5-10(18-3)11(7)14-6-9(13)12(15)16/h4-5,9,14H,6,13H2,1-3H3,(H,15,16). The van der Waals surface area contributed by atoms with E-state index in [2.05, 4.69) is 5.32 Å². The van der Waals surface area contributed by atoms with E-state index in [0.29, 0.717) is 11.5 Å². The third-order valence-corrected chi connectivity index (χ3v) is 2.54. The number of aryl methyl sites for hydroxylation is 1. The number of aliphatic carboxylic acids is 1. The van der Waals surface area contributed by atoms with Crippen molar-refractivity contribution >= 4 is 11.7 Å². The fourth-order valence-electron chi connectivity index (χ4n) is 1.53. The van der Waals surface area contributed by atoms with Crippen molar-refractivity contribution in [3.63, 3.8) is 0 Å². The van der Waals surface area contributed by atoms with Gasteiger partial charge in [-0.1, -0.05) is 0 Å². The summed E-state index contributed by atoms with van der Waals surface area (Å²) in [5.41, 5.74) is 7.04. The summed E-state index contributed by atoms with van der Waals surface area (Å²) in [6.07, 6.45) is 0. The Morgan fingerprint density at radius 1 is 1.44 bits per heavy atom. The minimum Gasteiger partial charge on any atom is -0.497 e. The van der Waals surface area contributed by atoms with Gasteiger partial charge in [0.2, 0.25) is 0 Å². The number of anilines is 1. The van der Waals surface area contributed by atoms with Gasteiger partial charge in [-0.05, 0) is 18.6 Å². The molecule has 0 heterocycles. The van der Waals surface area contributed by atoms with Crippen LogP contribution in [0.5, 0.6) is 11.5 Å². The van der Waals surface area contributed by atoms with Crippen molar-refractivity contribution in [3.05, 3.63) is 17.7 Å². The average molecular weight is 254 g/mol. The van der Waals surface area contributed by atoms with Crippen LogP contribution in [0.15, 0.2) is 12.1 Å². The Kier molecular flexibility index (Phi) is 4.79. The highest BCUT2D eigenvalue weighted by atomic mass is 16.5. The molecule has 6 nitrogen and oxygen atoms in total. The zero-order valence-corrected chi connectivity index (χ0v) is 10.7. The van der Waals surface area contributed by atoms with Crippen molar-refractivity contribution in [1.82, 2.24) is 0 Å². The Hall–Kier alpha value is -1.95. The summed E-state index contributed by atoms with van der Waals surface area (Å²) in [6.45, 7) is 2.00. The SMILES string of the molecule is COc1cc(C)c(NCC(N)C(=O)O)c(OC)c1. The topological polar surface area (TPSA) is 93.8 Å². The molecule has 0 radical (unpaired) electrons. The highest BCUT2D eigenvalue weighted by Crippen LogP contribution is 2.32. The number of nitrogens with one attached hydrogen (secondary N) is 1. The van der Waals surface area contributed by atoms with Crippen molar-refractivity contribution in [3.8, 4) is 11.5 Å². The second-order valence-corrected chi connectivity index (χ2v) is 3.85. The Balaban J connectivity index is 2.90. The van der Waals surface area contributed by atoms with E-state index in [0.717, 1.165) is 11.3 Å². The number of carboxylic acids is 1. The molecule has 1 aromatic rings. The normalized spacial score (nSPS) is 11.8. The highest BCUT2D eigenvalue weighted by Gasteiger charge is 2.14. The third kappa shape index (κ3) is 3.27. The molecule has 4 N–H and O–H groups in total. The summed E-state index contributed by atoms with van der Waals surface area (Å²) in [6, 6.07) is 2.59. The molecule has 1 rings (SSSR count). The summed E-state index contributed by atoms with van der Waals surface area (Å²) >= 11 is 0. The van der Waals surface area contributed by atoms with E-state index in [1.165, 1.54) is 7.11 Å². The van der Waals surface area contributed by atoms with E-state index in [1.807, 2.05) is 13.0 Å². The largest absolute Gasteiger partial charge is 0.497 e. The maximum Gasteiger partial charge on any atom is 0.322 e. The quantitative estimate of drug-likeness (QED) is 0.696. The van der Waals surface area contributed by atoms with Gasteiger partial charge in [0.25, 0.3) is 0 Å². The number of hydrogen-bond acceptors (Lipinski definition) is 5. The summed E-state index contributed by atoms with van der Waals surface area (Å²) in [4.78, 5) is 10.6. The van der Waals surface area contributed by atoms with E-state index >= 15 is 0 Å². The monoisotopic (exact) mass is 254 g/mol. The van der Waals surface area contributed by atoms with Gasteiger partial charge in [-0.15, -0.1) is 0 Å². The van der Waals surface area contributed by atoms with Crippen LogP contribution < -0.4 is 20.5 Å². The Labute approximate surface area is 106 Å². The molecule has 0 aliphatic rings. The molecule has 1 unspecified atom stereocenters. The minimum atomic E-state index is -1.05. The van der Waals surface area contributed by atoms with Crippen LogP contribution in [0.25, 0.3) is 0 Å². The Bertz CT molecular complexity index is 434. The summed E-state index contributed by atoms with van der Waals surface area (Å²) in [7, 11) is 3.11. The van der Waals surface area contributed by atoms with Gasteiger partial charge in [-0.3, -0.25) is 4.79 Å². The summed E-state index contributed by atoms with van der Waals surface area (Å²) in [5.74, 6) is 0.217. The molecule has 6 heteroatoms. The molecule has 0 aliphatic heterocycles. The van der Waals surface area contributed by atoms with Crippen molar-refractivity contribution in [2.75, 3.05) is 26.1 Å². The van der Waals surface area contributed by atoms with Crippen molar-refractivity contribution < 1.29 is 19.4 Å². The van der Waals surface area contributed by atoms with Crippen molar-refractivity contribution in [2.45, 2.75) is 13.0 Å². The maximum atomic E-state index is 10.6. The van der Waals surface area contributed by atoms with Gasteiger partial charge >= 0.3 is 5.97 Å². The number of carboxylic acid groups (broad SMARTS) is 1. The van der Waals surface area contributed by atoms with E-state index in [1.54, 1.807) is 13.2 Å². The second kappa shape index (κ2) is 6.11. The molecule has 18 heavy (non-hydrogen) atoms. The summed E-state index contributed by atoms with van der Waals surface area (Å²) < 4.78 is 10.4. The van der Waals surface area contributed by atoms with Crippen LogP contribution in [-0.4, -0.2) is 37.9 Å². The number of carbonyl (C=O) groups is 1. The number of ether oxygens (including phenoxy) is 2. The number of hydrogen-bond donors (Lipinski definition) is 3. The lowest BCUT2D eigenvalue weighted by atomic mass is 10.1. The Morgan fingerprint density at radius 2 is 2.11 bits per heavy atom. The predicted molar refractivity (Wildman–Crippen MR) is 68.4 cm³/mol. The zero-order valence-electron chi connectivity index (χ0n) is 10.7. The van der Waals surface area contributed by atoms with Crippen molar-refractivity contribution in [1.29, 1.82) is 0 Å². The van der Waals surface area contributed by atoms with E-state index in [9.17, 15) is 4.79 Å². The van der Waals surface area contributed by atoms with Crippen LogP contribution in [0.2, 0.25) is 0 Å². The number of rotatable bonds is 6. The molecule has 1 atom stereocenters. The lowest BCUT2D eigenvalue weighted by Crippen LogP contribution is -2.37. The van der Waals surface area contributed by atoms with Crippen LogP contribution in [0.3, 0.4) is 0 Å². The first-order valence-corrected chi connectivity index (χ1v) is 5.44.